The number of benzene rings is 2. The van der Waals surface area contributed by atoms with Gasteiger partial charge in [-0.1, -0.05) is 24.3 Å². The molecule has 3 aromatic rings. The van der Waals surface area contributed by atoms with Crippen molar-refractivity contribution in [2.45, 2.75) is 26.5 Å². The van der Waals surface area contributed by atoms with Gasteiger partial charge in [0.15, 0.2) is 0 Å². The molecule has 0 radical (unpaired) electrons. The number of hydrogen-bond donors (Lipinski definition) is 1. The van der Waals surface area contributed by atoms with Crippen LogP contribution in [0.4, 0.5) is 4.39 Å². The molecule has 3 rings (SSSR count). The molecule has 1 N–H and O–H groups in total. The third kappa shape index (κ3) is 5.76. The van der Waals surface area contributed by atoms with Gasteiger partial charge in [0.25, 0.3) is 0 Å². The van der Waals surface area contributed by atoms with Crippen molar-refractivity contribution in [1.82, 2.24) is 10.3 Å². The van der Waals surface area contributed by atoms with Crippen LogP contribution in [-0.4, -0.2) is 10.9 Å². The maximum Gasteiger partial charge on any atom is 0.244 e. The lowest BCUT2D eigenvalue weighted by Gasteiger charge is -2.12. The molecule has 0 saturated carbocycles. The van der Waals surface area contributed by atoms with Crippen LogP contribution in [0.5, 0.6) is 5.75 Å². The molecule has 0 aliphatic carbocycles. The molecular weight excluding hydrogens is 375 g/mol. The van der Waals surface area contributed by atoms with E-state index >= 15 is 0 Å². The van der Waals surface area contributed by atoms with Crippen molar-refractivity contribution in [3.05, 3.63) is 87.6 Å². The fourth-order valence-electron chi connectivity index (χ4n) is 2.58. The number of carbonyl (C=O) groups is 1. The van der Waals surface area contributed by atoms with Gasteiger partial charge in [0.05, 0.1) is 16.7 Å². The molecule has 6 heteroatoms. The van der Waals surface area contributed by atoms with Crippen molar-refractivity contribution in [2.75, 3.05) is 0 Å². The van der Waals surface area contributed by atoms with E-state index in [2.05, 4.69) is 10.3 Å². The van der Waals surface area contributed by atoms with Crippen molar-refractivity contribution in [3.8, 4) is 5.75 Å². The standard InChI is InChI=1S/C22H21FN2O2S/c1-15(18-6-8-19(23)9-7-18)24-22(26)12-5-17-3-10-21(11-4-17)27-13-20-14-28-16(2)25-20/h3-12,14-15H,13H2,1-2H3,(H,24,26)/b12-5+. The molecule has 4 nitrogen and oxygen atoms in total. The Hall–Kier alpha value is -2.99. The molecule has 0 fully saturated rings. The largest absolute Gasteiger partial charge is 0.487 e. The van der Waals surface area contributed by atoms with Gasteiger partial charge in [0.2, 0.25) is 5.91 Å². The number of thiazole rings is 1. The molecule has 0 aliphatic rings. The molecule has 144 valence electrons. The lowest BCUT2D eigenvalue weighted by atomic mass is 10.1. The fraction of sp³-hybridized carbons (Fsp3) is 0.182. The summed E-state index contributed by atoms with van der Waals surface area (Å²) in [6.45, 7) is 4.25. The van der Waals surface area contributed by atoms with Gasteiger partial charge in [-0.05, 0) is 55.3 Å². The molecule has 1 aromatic heterocycles. The highest BCUT2D eigenvalue weighted by Crippen LogP contribution is 2.17. The monoisotopic (exact) mass is 396 g/mol. The van der Waals surface area contributed by atoms with E-state index in [0.29, 0.717) is 6.61 Å². The zero-order chi connectivity index (χ0) is 19.9. The molecular formula is C22H21FN2O2S. The van der Waals surface area contributed by atoms with E-state index in [1.165, 1.54) is 18.2 Å². The number of ether oxygens (including phenoxy) is 1. The van der Waals surface area contributed by atoms with Gasteiger partial charge in [0, 0.05) is 11.5 Å². The SMILES string of the molecule is Cc1nc(COc2ccc(/C=C/C(=O)NC(C)c3ccc(F)cc3)cc2)cs1. The Morgan fingerprint density at radius 2 is 1.93 bits per heavy atom. The lowest BCUT2D eigenvalue weighted by molar-refractivity contribution is -0.117. The van der Waals surface area contributed by atoms with Gasteiger partial charge in [-0.2, -0.15) is 0 Å². The first-order valence-electron chi connectivity index (χ1n) is 8.87. The number of carbonyl (C=O) groups excluding carboxylic acids is 1. The van der Waals surface area contributed by atoms with E-state index in [1.54, 1.807) is 29.5 Å². The molecule has 28 heavy (non-hydrogen) atoms. The Morgan fingerprint density at radius 1 is 1.21 bits per heavy atom. The highest BCUT2D eigenvalue weighted by molar-refractivity contribution is 7.09. The first kappa shape index (κ1) is 19.8. The van der Waals surface area contributed by atoms with Crippen molar-refractivity contribution in [2.24, 2.45) is 0 Å². The maximum atomic E-state index is 13.0. The van der Waals surface area contributed by atoms with E-state index in [0.717, 1.165) is 27.6 Å². The fourth-order valence-corrected chi connectivity index (χ4v) is 3.17. The minimum absolute atomic E-state index is 0.206. The number of nitrogens with one attached hydrogen (secondary N) is 1. The van der Waals surface area contributed by atoms with Gasteiger partial charge in [0.1, 0.15) is 18.2 Å². The predicted molar refractivity (Wildman–Crippen MR) is 110 cm³/mol. The smallest absolute Gasteiger partial charge is 0.244 e. The van der Waals surface area contributed by atoms with Crippen molar-refractivity contribution in [3.63, 3.8) is 0 Å². The number of halogens is 1. The van der Waals surface area contributed by atoms with Crippen LogP contribution in [0.2, 0.25) is 0 Å². The Morgan fingerprint density at radius 3 is 2.57 bits per heavy atom. The van der Waals surface area contributed by atoms with Crippen LogP contribution in [-0.2, 0) is 11.4 Å². The molecule has 2 aromatic carbocycles. The van der Waals surface area contributed by atoms with Crippen LogP contribution in [0.15, 0.2) is 60.0 Å². The first-order valence-corrected chi connectivity index (χ1v) is 9.75. The summed E-state index contributed by atoms with van der Waals surface area (Å²) in [6, 6.07) is 13.4. The van der Waals surface area contributed by atoms with Gasteiger partial charge in [-0.25, -0.2) is 9.37 Å². The van der Waals surface area contributed by atoms with E-state index in [1.807, 2.05) is 43.5 Å². The molecule has 0 spiro atoms. The second-order valence-corrected chi connectivity index (χ2v) is 7.39. The van der Waals surface area contributed by atoms with Gasteiger partial charge in [-0.3, -0.25) is 4.79 Å². The van der Waals surface area contributed by atoms with Gasteiger partial charge >= 0.3 is 0 Å². The minimum atomic E-state index is -0.295. The molecule has 1 atom stereocenters. The maximum absolute atomic E-state index is 13.0. The van der Waals surface area contributed by atoms with E-state index < -0.39 is 0 Å². The number of aryl methyl sites for hydroxylation is 1. The summed E-state index contributed by atoms with van der Waals surface area (Å²) in [7, 11) is 0. The number of rotatable bonds is 7. The first-order chi connectivity index (χ1) is 13.5. The summed E-state index contributed by atoms with van der Waals surface area (Å²) in [5.41, 5.74) is 2.65. The summed E-state index contributed by atoms with van der Waals surface area (Å²) in [5.74, 6) is 0.240. The zero-order valence-electron chi connectivity index (χ0n) is 15.7. The number of aromatic nitrogens is 1. The second-order valence-electron chi connectivity index (χ2n) is 6.33. The zero-order valence-corrected chi connectivity index (χ0v) is 16.5. The quantitative estimate of drug-likeness (QED) is 0.568. The molecule has 0 aliphatic heterocycles. The van der Waals surface area contributed by atoms with Crippen molar-refractivity contribution < 1.29 is 13.9 Å². The Bertz CT molecular complexity index is 949. The normalized spacial score (nSPS) is 12.1. The van der Waals surface area contributed by atoms with Crippen LogP contribution >= 0.6 is 11.3 Å². The molecule has 1 unspecified atom stereocenters. The van der Waals surface area contributed by atoms with Gasteiger partial charge < -0.3 is 10.1 Å². The van der Waals surface area contributed by atoms with Crippen LogP contribution in [0.3, 0.4) is 0 Å². The Kier molecular flexibility index (Phi) is 6.55. The van der Waals surface area contributed by atoms with Crippen LogP contribution in [0, 0.1) is 12.7 Å². The summed E-state index contributed by atoms with van der Waals surface area (Å²) in [5, 5.41) is 5.86. The summed E-state index contributed by atoms with van der Waals surface area (Å²) in [6.07, 6.45) is 3.22. The van der Waals surface area contributed by atoms with E-state index in [4.69, 9.17) is 4.74 Å². The average Bonchev–Trinajstić information content (AvgIpc) is 3.11. The van der Waals surface area contributed by atoms with E-state index in [9.17, 15) is 9.18 Å². The summed E-state index contributed by atoms with van der Waals surface area (Å²) >= 11 is 1.60. The Balaban J connectivity index is 1.50. The minimum Gasteiger partial charge on any atom is -0.487 e. The second kappa shape index (κ2) is 9.28. The molecule has 1 heterocycles. The van der Waals surface area contributed by atoms with Crippen LogP contribution < -0.4 is 10.1 Å². The molecule has 1 amide bonds. The summed E-state index contributed by atoms with van der Waals surface area (Å²) < 4.78 is 18.7. The third-order valence-corrected chi connectivity index (χ3v) is 4.91. The van der Waals surface area contributed by atoms with Crippen molar-refractivity contribution >= 4 is 23.3 Å². The molecule has 0 saturated heterocycles. The highest BCUT2D eigenvalue weighted by Gasteiger charge is 2.07. The predicted octanol–water partition coefficient (Wildman–Crippen LogP) is 5.06. The summed E-state index contributed by atoms with van der Waals surface area (Å²) in [4.78, 5) is 16.5. The Labute approximate surface area is 167 Å². The van der Waals surface area contributed by atoms with Crippen LogP contribution in [0.1, 0.15) is 34.8 Å². The van der Waals surface area contributed by atoms with Crippen LogP contribution in [0.25, 0.3) is 6.08 Å². The molecule has 0 bridgehead atoms. The number of hydrogen-bond acceptors (Lipinski definition) is 4. The highest BCUT2D eigenvalue weighted by atomic mass is 32.1. The van der Waals surface area contributed by atoms with E-state index in [-0.39, 0.29) is 17.8 Å². The third-order valence-electron chi connectivity index (χ3n) is 4.09. The lowest BCUT2D eigenvalue weighted by Crippen LogP contribution is -2.24. The van der Waals surface area contributed by atoms with Crippen molar-refractivity contribution in [1.29, 1.82) is 0 Å². The topological polar surface area (TPSA) is 51.2 Å². The average molecular weight is 396 g/mol. The van der Waals surface area contributed by atoms with Gasteiger partial charge in [-0.15, -0.1) is 11.3 Å². The number of amides is 1. The number of nitrogens with zero attached hydrogens (tertiary/aromatic N) is 1.